The molecule has 0 saturated heterocycles. The standard InChI is InChI=1S/C14H18N2/c1-10-4-3-7-14(16,9-10)12-5-6-13(15)11(2)8-12/h3-8H,9,15-16H2,1-2H3. The fraction of sp³-hybridized carbons (Fsp3) is 0.286. The number of benzene rings is 1. The Balaban J connectivity index is 2.41. The lowest BCUT2D eigenvalue weighted by Crippen LogP contribution is -2.35. The molecule has 16 heavy (non-hydrogen) atoms. The van der Waals surface area contributed by atoms with Crippen molar-refractivity contribution in [3.05, 3.63) is 53.1 Å². The Morgan fingerprint density at radius 3 is 2.62 bits per heavy atom. The minimum atomic E-state index is -0.378. The maximum Gasteiger partial charge on any atom is 0.0636 e. The molecule has 0 spiro atoms. The second-order valence-corrected chi connectivity index (χ2v) is 4.66. The molecule has 0 saturated carbocycles. The first-order valence-corrected chi connectivity index (χ1v) is 5.52. The van der Waals surface area contributed by atoms with Crippen LogP contribution in [0.1, 0.15) is 24.5 Å². The molecule has 0 aliphatic heterocycles. The van der Waals surface area contributed by atoms with Gasteiger partial charge in [0.25, 0.3) is 0 Å². The fourth-order valence-electron chi connectivity index (χ4n) is 2.13. The predicted octanol–water partition coefficient (Wildman–Crippen LogP) is 2.64. The molecular formula is C14H18N2. The Morgan fingerprint density at radius 1 is 1.25 bits per heavy atom. The zero-order chi connectivity index (χ0) is 11.8. The van der Waals surface area contributed by atoms with Crippen molar-refractivity contribution < 1.29 is 0 Å². The molecule has 1 aromatic rings. The number of hydrogen-bond acceptors (Lipinski definition) is 2. The van der Waals surface area contributed by atoms with Crippen LogP contribution < -0.4 is 11.5 Å². The zero-order valence-electron chi connectivity index (χ0n) is 9.83. The van der Waals surface area contributed by atoms with Gasteiger partial charge < -0.3 is 11.5 Å². The van der Waals surface area contributed by atoms with E-state index in [1.807, 2.05) is 25.1 Å². The molecule has 1 aliphatic rings. The van der Waals surface area contributed by atoms with Crippen LogP contribution in [0.5, 0.6) is 0 Å². The smallest absolute Gasteiger partial charge is 0.0636 e. The summed E-state index contributed by atoms with van der Waals surface area (Å²) >= 11 is 0. The molecule has 0 bridgehead atoms. The van der Waals surface area contributed by atoms with E-state index >= 15 is 0 Å². The number of nitrogens with two attached hydrogens (primary N) is 2. The Hall–Kier alpha value is -1.54. The topological polar surface area (TPSA) is 52.0 Å². The summed E-state index contributed by atoms with van der Waals surface area (Å²) in [5.74, 6) is 0. The lowest BCUT2D eigenvalue weighted by molar-refractivity contribution is 0.548. The van der Waals surface area contributed by atoms with E-state index in [1.165, 1.54) is 5.57 Å². The average Bonchev–Trinajstić information content (AvgIpc) is 2.21. The third-order valence-electron chi connectivity index (χ3n) is 3.15. The van der Waals surface area contributed by atoms with E-state index in [1.54, 1.807) is 0 Å². The zero-order valence-corrected chi connectivity index (χ0v) is 9.83. The van der Waals surface area contributed by atoms with Gasteiger partial charge in [-0.3, -0.25) is 0 Å². The number of allylic oxidation sites excluding steroid dienone is 2. The molecule has 1 aliphatic carbocycles. The van der Waals surface area contributed by atoms with Crippen molar-refractivity contribution >= 4 is 5.69 Å². The minimum Gasteiger partial charge on any atom is -0.399 e. The van der Waals surface area contributed by atoms with Gasteiger partial charge in [0.05, 0.1) is 5.54 Å². The maximum absolute atomic E-state index is 6.42. The van der Waals surface area contributed by atoms with Crippen molar-refractivity contribution in [1.29, 1.82) is 0 Å². The monoisotopic (exact) mass is 214 g/mol. The van der Waals surface area contributed by atoms with E-state index in [0.29, 0.717) is 0 Å². The molecule has 0 fully saturated rings. The molecule has 1 aromatic carbocycles. The highest BCUT2D eigenvalue weighted by Crippen LogP contribution is 2.31. The number of rotatable bonds is 1. The van der Waals surface area contributed by atoms with Gasteiger partial charge in [0.15, 0.2) is 0 Å². The molecule has 0 heterocycles. The van der Waals surface area contributed by atoms with Gasteiger partial charge in [-0.2, -0.15) is 0 Å². The van der Waals surface area contributed by atoms with Crippen LogP contribution in [0.25, 0.3) is 0 Å². The Kier molecular flexibility index (Phi) is 2.60. The van der Waals surface area contributed by atoms with Crippen molar-refractivity contribution in [2.75, 3.05) is 5.73 Å². The van der Waals surface area contributed by atoms with Crippen LogP contribution in [0.4, 0.5) is 5.69 Å². The highest BCUT2D eigenvalue weighted by Gasteiger charge is 2.26. The third kappa shape index (κ3) is 1.89. The summed E-state index contributed by atoms with van der Waals surface area (Å²) in [6.07, 6.45) is 7.07. The molecule has 0 radical (unpaired) electrons. The Morgan fingerprint density at radius 2 is 2.00 bits per heavy atom. The first-order valence-electron chi connectivity index (χ1n) is 5.52. The number of nitrogen functional groups attached to an aromatic ring is 1. The highest BCUT2D eigenvalue weighted by molar-refractivity contribution is 5.50. The van der Waals surface area contributed by atoms with Crippen LogP contribution >= 0.6 is 0 Å². The van der Waals surface area contributed by atoms with Crippen molar-refractivity contribution in [3.8, 4) is 0 Å². The van der Waals surface area contributed by atoms with Crippen molar-refractivity contribution in [2.45, 2.75) is 25.8 Å². The third-order valence-corrected chi connectivity index (χ3v) is 3.15. The Bertz CT molecular complexity index is 472. The Labute approximate surface area is 96.6 Å². The number of aryl methyl sites for hydroxylation is 1. The molecule has 0 aromatic heterocycles. The maximum atomic E-state index is 6.42. The summed E-state index contributed by atoms with van der Waals surface area (Å²) in [5, 5.41) is 0. The van der Waals surface area contributed by atoms with E-state index in [-0.39, 0.29) is 5.54 Å². The van der Waals surface area contributed by atoms with Gasteiger partial charge in [0.2, 0.25) is 0 Å². The van der Waals surface area contributed by atoms with Crippen molar-refractivity contribution in [2.24, 2.45) is 5.73 Å². The average molecular weight is 214 g/mol. The molecule has 2 heteroatoms. The summed E-state index contributed by atoms with van der Waals surface area (Å²) in [6.45, 7) is 4.12. The van der Waals surface area contributed by atoms with Crippen LogP contribution in [0.3, 0.4) is 0 Å². The molecule has 2 nitrogen and oxygen atoms in total. The first-order chi connectivity index (χ1) is 7.51. The normalized spacial score (nSPS) is 24.3. The van der Waals surface area contributed by atoms with Gasteiger partial charge in [0, 0.05) is 5.69 Å². The van der Waals surface area contributed by atoms with E-state index in [0.717, 1.165) is 23.2 Å². The van der Waals surface area contributed by atoms with Gasteiger partial charge in [-0.15, -0.1) is 0 Å². The van der Waals surface area contributed by atoms with E-state index in [9.17, 15) is 0 Å². The summed E-state index contributed by atoms with van der Waals surface area (Å²) in [6, 6.07) is 6.03. The van der Waals surface area contributed by atoms with Crippen molar-refractivity contribution in [3.63, 3.8) is 0 Å². The second-order valence-electron chi connectivity index (χ2n) is 4.66. The summed E-state index contributed by atoms with van der Waals surface area (Å²) in [7, 11) is 0. The van der Waals surface area contributed by atoms with Gasteiger partial charge in [-0.1, -0.05) is 35.9 Å². The van der Waals surface area contributed by atoms with Crippen LogP contribution in [0.2, 0.25) is 0 Å². The summed E-state index contributed by atoms with van der Waals surface area (Å²) in [5.41, 5.74) is 16.2. The van der Waals surface area contributed by atoms with Crippen molar-refractivity contribution in [1.82, 2.24) is 0 Å². The van der Waals surface area contributed by atoms with Gasteiger partial charge in [-0.25, -0.2) is 0 Å². The van der Waals surface area contributed by atoms with Crippen LogP contribution in [0.15, 0.2) is 42.0 Å². The molecule has 84 valence electrons. The van der Waals surface area contributed by atoms with Gasteiger partial charge in [0.1, 0.15) is 0 Å². The summed E-state index contributed by atoms with van der Waals surface area (Å²) < 4.78 is 0. The van der Waals surface area contributed by atoms with Crippen LogP contribution in [-0.2, 0) is 5.54 Å². The molecule has 4 N–H and O–H groups in total. The molecular weight excluding hydrogens is 196 g/mol. The fourth-order valence-corrected chi connectivity index (χ4v) is 2.13. The van der Waals surface area contributed by atoms with Gasteiger partial charge >= 0.3 is 0 Å². The molecule has 1 atom stereocenters. The van der Waals surface area contributed by atoms with Gasteiger partial charge in [-0.05, 0) is 37.5 Å². The van der Waals surface area contributed by atoms with E-state index in [4.69, 9.17) is 11.5 Å². The SMILES string of the molecule is CC1=CC=CC(N)(c2ccc(N)c(C)c2)C1. The number of hydrogen-bond donors (Lipinski definition) is 2. The molecule has 0 amide bonds. The number of anilines is 1. The van der Waals surface area contributed by atoms with Crippen LogP contribution in [0, 0.1) is 6.92 Å². The molecule has 2 rings (SSSR count). The van der Waals surface area contributed by atoms with E-state index in [2.05, 4.69) is 25.1 Å². The summed E-state index contributed by atoms with van der Waals surface area (Å²) in [4.78, 5) is 0. The quantitative estimate of drug-likeness (QED) is 0.706. The second kappa shape index (κ2) is 3.80. The van der Waals surface area contributed by atoms with E-state index < -0.39 is 0 Å². The largest absolute Gasteiger partial charge is 0.399 e. The van der Waals surface area contributed by atoms with Crippen LogP contribution in [-0.4, -0.2) is 0 Å². The lowest BCUT2D eigenvalue weighted by Gasteiger charge is -2.29. The lowest BCUT2D eigenvalue weighted by atomic mass is 9.81. The predicted molar refractivity (Wildman–Crippen MR) is 69.0 cm³/mol. The minimum absolute atomic E-state index is 0.378. The first kappa shape index (κ1) is 11.0. The molecule has 1 unspecified atom stereocenters. The highest BCUT2D eigenvalue weighted by atomic mass is 14.7.